The third-order valence-electron chi connectivity index (χ3n) is 6.88. The first kappa shape index (κ1) is 29.7. The van der Waals surface area contributed by atoms with Crippen LogP contribution in [0.15, 0.2) is 84.9 Å². The molecular formula is C32H31ClN8O2. The largest absolute Gasteiger partial charge is 0.351 e. The van der Waals surface area contributed by atoms with Crippen LogP contribution in [0.5, 0.6) is 0 Å². The molecule has 218 valence electrons. The summed E-state index contributed by atoms with van der Waals surface area (Å²) in [6.07, 6.45) is 0. The van der Waals surface area contributed by atoms with Crippen molar-refractivity contribution in [3.63, 3.8) is 0 Å². The van der Waals surface area contributed by atoms with E-state index in [1.165, 1.54) is 0 Å². The number of benzene rings is 4. The second-order valence-electron chi connectivity index (χ2n) is 9.78. The molecule has 10 nitrogen and oxygen atoms in total. The highest BCUT2D eigenvalue weighted by molar-refractivity contribution is 6.07. The molecule has 0 aliphatic carbocycles. The Hall–Kier alpha value is -4.77. The molecule has 0 aliphatic heterocycles. The molecule has 2 heterocycles. The van der Waals surface area contributed by atoms with E-state index in [0.29, 0.717) is 59.4 Å². The van der Waals surface area contributed by atoms with Crippen molar-refractivity contribution in [1.29, 1.82) is 0 Å². The van der Waals surface area contributed by atoms with Gasteiger partial charge in [-0.25, -0.2) is 19.9 Å². The van der Waals surface area contributed by atoms with Crippen LogP contribution < -0.4 is 21.3 Å². The summed E-state index contributed by atoms with van der Waals surface area (Å²) in [5, 5.41) is 12.5. The molecule has 0 spiro atoms. The number of aromatic nitrogens is 4. The van der Waals surface area contributed by atoms with E-state index in [-0.39, 0.29) is 24.2 Å². The summed E-state index contributed by atoms with van der Waals surface area (Å²) in [5.74, 6) is -0.350. The second kappa shape index (κ2) is 13.9. The number of hydrogen-bond acceptors (Lipinski definition) is 8. The zero-order valence-corrected chi connectivity index (χ0v) is 24.2. The van der Waals surface area contributed by atoms with Crippen molar-refractivity contribution in [2.75, 3.05) is 39.3 Å². The highest BCUT2D eigenvalue weighted by atomic mass is 35.5. The van der Waals surface area contributed by atoms with Gasteiger partial charge < -0.3 is 21.3 Å². The monoisotopic (exact) mass is 594 g/mol. The number of nitrogens with zero attached hydrogens (tertiary/aromatic N) is 4. The van der Waals surface area contributed by atoms with E-state index in [1.807, 2.05) is 72.8 Å². The zero-order valence-electron chi connectivity index (χ0n) is 23.3. The highest BCUT2D eigenvalue weighted by Crippen LogP contribution is 2.20. The quantitative estimate of drug-likeness (QED) is 0.132. The van der Waals surface area contributed by atoms with Gasteiger partial charge in [0.2, 0.25) is 0 Å². The summed E-state index contributed by atoms with van der Waals surface area (Å²) in [7, 11) is 0. The molecule has 6 aromatic rings. The van der Waals surface area contributed by atoms with Crippen LogP contribution >= 0.6 is 12.4 Å². The van der Waals surface area contributed by atoms with E-state index in [2.05, 4.69) is 41.2 Å². The summed E-state index contributed by atoms with van der Waals surface area (Å²) < 4.78 is 0. The van der Waals surface area contributed by atoms with Gasteiger partial charge in [0, 0.05) is 39.3 Å². The smallest absolute Gasteiger partial charge is 0.253 e. The number of nitrogens with one attached hydrogen (secondary N) is 4. The number of carbonyl (C=O) groups is 2. The fraction of sp³-hybridized carbons (Fsp3) is 0.188. The predicted octanol–water partition coefficient (Wildman–Crippen LogP) is 3.64. The van der Waals surface area contributed by atoms with Crippen LogP contribution in [-0.4, -0.2) is 71.0 Å². The van der Waals surface area contributed by atoms with Gasteiger partial charge in [-0.15, -0.1) is 12.4 Å². The summed E-state index contributed by atoms with van der Waals surface area (Å²) in [6.45, 7) is 3.66. The van der Waals surface area contributed by atoms with Crippen LogP contribution in [-0.2, 0) is 0 Å². The van der Waals surface area contributed by atoms with Gasteiger partial charge in [0.05, 0.1) is 44.2 Å². The standard InChI is InChI=1S/C32H30N8O2.ClH/c41-31(21-7-5-13-27-29(21)39-25-11-3-1-9-23(25)37-27)35-19-17-33-15-16-34-18-20-36-32(42)22-8-6-14-28-30(22)40-26-12-4-2-10-24(26)38-28;/h1-14,33-34H,15-20H2,(H,35,41)(H,36,42);1H. The lowest BCUT2D eigenvalue weighted by Crippen LogP contribution is -2.37. The lowest BCUT2D eigenvalue weighted by atomic mass is 10.1. The van der Waals surface area contributed by atoms with Gasteiger partial charge in [0.25, 0.3) is 11.8 Å². The molecule has 0 fully saturated rings. The second-order valence-corrected chi connectivity index (χ2v) is 9.78. The molecule has 0 aliphatic rings. The van der Waals surface area contributed by atoms with Crippen molar-refractivity contribution in [2.45, 2.75) is 0 Å². The Morgan fingerprint density at radius 2 is 0.791 bits per heavy atom. The van der Waals surface area contributed by atoms with Crippen LogP contribution in [0.25, 0.3) is 44.1 Å². The van der Waals surface area contributed by atoms with Gasteiger partial charge in [0.15, 0.2) is 0 Å². The van der Waals surface area contributed by atoms with Gasteiger partial charge in [-0.2, -0.15) is 0 Å². The Kier molecular flexibility index (Phi) is 9.63. The van der Waals surface area contributed by atoms with Gasteiger partial charge in [0.1, 0.15) is 11.0 Å². The van der Waals surface area contributed by atoms with Gasteiger partial charge in [-0.3, -0.25) is 9.59 Å². The van der Waals surface area contributed by atoms with Crippen LogP contribution in [0, 0.1) is 0 Å². The number of hydrogen-bond donors (Lipinski definition) is 4. The van der Waals surface area contributed by atoms with Crippen molar-refractivity contribution in [2.24, 2.45) is 0 Å². The normalized spacial score (nSPS) is 11.1. The van der Waals surface area contributed by atoms with Crippen LogP contribution in [0.1, 0.15) is 20.7 Å². The maximum absolute atomic E-state index is 12.8. The molecule has 0 saturated carbocycles. The van der Waals surface area contributed by atoms with E-state index in [4.69, 9.17) is 0 Å². The number of rotatable bonds is 11. The molecule has 4 aromatic carbocycles. The summed E-state index contributed by atoms with van der Waals surface area (Å²) >= 11 is 0. The molecule has 0 saturated heterocycles. The van der Waals surface area contributed by atoms with Crippen molar-refractivity contribution in [3.05, 3.63) is 96.1 Å². The van der Waals surface area contributed by atoms with E-state index < -0.39 is 0 Å². The lowest BCUT2D eigenvalue weighted by Gasteiger charge is -2.10. The minimum absolute atomic E-state index is 0. The molecule has 0 atom stereocenters. The van der Waals surface area contributed by atoms with Gasteiger partial charge in [-0.1, -0.05) is 36.4 Å². The number of amides is 2. The van der Waals surface area contributed by atoms with Crippen LogP contribution in [0.2, 0.25) is 0 Å². The first-order valence-corrected chi connectivity index (χ1v) is 14.0. The maximum atomic E-state index is 12.8. The van der Waals surface area contributed by atoms with Gasteiger partial charge in [-0.05, 0) is 48.5 Å². The Morgan fingerprint density at radius 3 is 1.21 bits per heavy atom. The SMILES string of the molecule is Cl.O=C(NCCNCCNCCNC(=O)c1cccc2nc3ccccc3nc12)c1cccc2nc3ccccc3nc12. The van der Waals surface area contributed by atoms with Crippen molar-refractivity contribution < 1.29 is 9.59 Å². The van der Waals surface area contributed by atoms with E-state index in [0.717, 1.165) is 35.2 Å². The fourth-order valence-corrected chi connectivity index (χ4v) is 4.80. The lowest BCUT2D eigenvalue weighted by molar-refractivity contribution is 0.0947. The third-order valence-corrected chi connectivity index (χ3v) is 6.88. The molecule has 4 N–H and O–H groups in total. The van der Waals surface area contributed by atoms with Crippen molar-refractivity contribution >= 4 is 68.4 Å². The summed E-state index contributed by atoms with van der Waals surface area (Å²) in [4.78, 5) is 44.2. The maximum Gasteiger partial charge on any atom is 0.253 e. The highest BCUT2D eigenvalue weighted by Gasteiger charge is 2.14. The molecule has 0 radical (unpaired) electrons. The average Bonchev–Trinajstić information content (AvgIpc) is 3.02. The number of para-hydroxylation sites is 6. The number of fused-ring (bicyclic) bond motifs is 4. The Morgan fingerprint density at radius 1 is 0.442 bits per heavy atom. The zero-order chi connectivity index (χ0) is 28.7. The molecule has 0 bridgehead atoms. The predicted molar refractivity (Wildman–Crippen MR) is 172 cm³/mol. The Bertz CT molecular complexity index is 1780. The van der Waals surface area contributed by atoms with Crippen molar-refractivity contribution in [1.82, 2.24) is 41.2 Å². The topological polar surface area (TPSA) is 134 Å². The molecule has 11 heteroatoms. The molecular weight excluding hydrogens is 564 g/mol. The van der Waals surface area contributed by atoms with Gasteiger partial charge >= 0.3 is 0 Å². The number of halogens is 1. The van der Waals surface area contributed by atoms with E-state index in [9.17, 15) is 9.59 Å². The minimum Gasteiger partial charge on any atom is -0.351 e. The van der Waals surface area contributed by atoms with Crippen molar-refractivity contribution in [3.8, 4) is 0 Å². The van der Waals surface area contributed by atoms with Crippen LogP contribution in [0.4, 0.5) is 0 Å². The first-order valence-electron chi connectivity index (χ1n) is 14.0. The fourth-order valence-electron chi connectivity index (χ4n) is 4.80. The average molecular weight is 595 g/mol. The van der Waals surface area contributed by atoms with Crippen LogP contribution in [0.3, 0.4) is 0 Å². The minimum atomic E-state index is -0.175. The number of carbonyl (C=O) groups excluding carboxylic acids is 2. The third kappa shape index (κ3) is 6.83. The Labute approximate surface area is 254 Å². The molecule has 6 rings (SSSR count). The van der Waals surface area contributed by atoms with E-state index in [1.54, 1.807) is 12.1 Å². The molecule has 0 unspecified atom stereocenters. The summed E-state index contributed by atoms with van der Waals surface area (Å²) in [5.41, 5.74) is 6.73. The Balaban J connectivity index is 0.00000368. The van der Waals surface area contributed by atoms with E-state index >= 15 is 0 Å². The summed E-state index contributed by atoms with van der Waals surface area (Å²) in [6, 6.07) is 26.2. The first-order chi connectivity index (χ1) is 20.7. The molecule has 43 heavy (non-hydrogen) atoms. The molecule has 2 amide bonds. The molecule has 2 aromatic heterocycles.